The summed E-state index contributed by atoms with van der Waals surface area (Å²) >= 11 is 0. The Morgan fingerprint density at radius 3 is 2.47 bits per heavy atom. The number of rotatable bonds is 5. The highest BCUT2D eigenvalue weighted by Crippen LogP contribution is 2.11. The van der Waals surface area contributed by atoms with Crippen LogP contribution < -0.4 is 10.6 Å². The molecule has 2 aromatic rings. The van der Waals surface area contributed by atoms with E-state index in [1.165, 1.54) is 12.4 Å². The van der Waals surface area contributed by atoms with Gasteiger partial charge in [0.1, 0.15) is 0 Å². The van der Waals surface area contributed by atoms with E-state index in [0.717, 1.165) is 12.1 Å². The molecule has 0 aliphatic heterocycles. The third-order valence-corrected chi connectivity index (χ3v) is 2.48. The van der Waals surface area contributed by atoms with Gasteiger partial charge in [-0.3, -0.25) is 4.79 Å². The molecule has 98 valence electrons. The number of carbonyl (C=O) groups excluding carboxylic acids is 1. The zero-order valence-electron chi connectivity index (χ0n) is 10.8. The van der Waals surface area contributed by atoms with E-state index < -0.39 is 0 Å². The molecule has 0 bridgehead atoms. The highest BCUT2D eigenvalue weighted by Gasteiger charge is 2.05. The van der Waals surface area contributed by atoms with E-state index >= 15 is 0 Å². The second-order valence-corrected chi connectivity index (χ2v) is 4.04. The van der Waals surface area contributed by atoms with Gasteiger partial charge < -0.3 is 10.6 Å². The van der Waals surface area contributed by atoms with E-state index in [2.05, 4.69) is 20.6 Å². The van der Waals surface area contributed by atoms with Gasteiger partial charge in [-0.1, -0.05) is 25.1 Å². The maximum absolute atomic E-state index is 11.7. The molecule has 0 atom stereocenters. The lowest BCUT2D eigenvalue weighted by Gasteiger charge is -2.05. The topological polar surface area (TPSA) is 66.9 Å². The van der Waals surface area contributed by atoms with Crippen LogP contribution in [0.4, 0.5) is 11.6 Å². The van der Waals surface area contributed by atoms with Crippen LogP contribution in [0.15, 0.2) is 42.7 Å². The van der Waals surface area contributed by atoms with Gasteiger partial charge in [-0.05, 0) is 18.6 Å². The smallest absolute Gasteiger partial charge is 0.254 e. The molecule has 1 aromatic carbocycles. The van der Waals surface area contributed by atoms with Crippen molar-refractivity contribution in [1.29, 1.82) is 0 Å². The van der Waals surface area contributed by atoms with Gasteiger partial charge in [0.15, 0.2) is 0 Å². The minimum Gasteiger partial charge on any atom is -0.352 e. The van der Waals surface area contributed by atoms with Crippen molar-refractivity contribution in [2.75, 3.05) is 11.9 Å². The molecular formula is C14H16N4O. The first-order valence-corrected chi connectivity index (χ1v) is 6.22. The molecule has 0 fully saturated rings. The van der Waals surface area contributed by atoms with E-state index in [1.54, 1.807) is 0 Å². The summed E-state index contributed by atoms with van der Waals surface area (Å²) in [6.07, 6.45) is 3.94. The average Bonchev–Trinajstić information content (AvgIpc) is 2.46. The van der Waals surface area contributed by atoms with Crippen LogP contribution in [0.5, 0.6) is 0 Å². The van der Waals surface area contributed by atoms with E-state index in [4.69, 9.17) is 0 Å². The molecule has 19 heavy (non-hydrogen) atoms. The van der Waals surface area contributed by atoms with Crippen LogP contribution in [0.2, 0.25) is 0 Å². The Hall–Kier alpha value is -2.43. The van der Waals surface area contributed by atoms with Gasteiger partial charge in [0.05, 0.1) is 5.56 Å². The van der Waals surface area contributed by atoms with Gasteiger partial charge in [-0.2, -0.15) is 0 Å². The number of hydrogen-bond acceptors (Lipinski definition) is 4. The van der Waals surface area contributed by atoms with Gasteiger partial charge in [-0.15, -0.1) is 0 Å². The van der Waals surface area contributed by atoms with Crippen molar-refractivity contribution >= 4 is 17.5 Å². The molecule has 2 N–H and O–H groups in total. The molecule has 1 amide bonds. The number of amides is 1. The Balaban J connectivity index is 2.00. The first-order valence-electron chi connectivity index (χ1n) is 6.22. The van der Waals surface area contributed by atoms with E-state index in [1.807, 2.05) is 37.3 Å². The summed E-state index contributed by atoms with van der Waals surface area (Å²) in [4.78, 5) is 19.9. The standard InChI is InChI=1S/C14H16N4O/c1-2-8-15-13(19)11-9-16-14(17-10-11)18-12-6-4-3-5-7-12/h3-7,9-10H,2,8H2,1H3,(H,15,19)(H,16,17,18). The van der Waals surface area contributed by atoms with Crippen molar-refractivity contribution in [2.24, 2.45) is 0 Å². The summed E-state index contributed by atoms with van der Waals surface area (Å²) in [6.45, 7) is 2.66. The Morgan fingerprint density at radius 2 is 1.84 bits per heavy atom. The predicted molar refractivity (Wildman–Crippen MR) is 74.4 cm³/mol. The van der Waals surface area contributed by atoms with E-state index in [-0.39, 0.29) is 5.91 Å². The van der Waals surface area contributed by atoms with Gasteiger partial charge >= 0.3 is 0 Å². The summed E-state index contributed by atoms with van der Waals surface area (Å²) in [7, 11) is 0. The van der Waals surface area contributed by atoms with Crippen molar-refractivity contribution in [3.63, 3.8) is 0 Å². The van der Waals surface area contributed by atoms with Crippen molar-refractivity contribution in [3.8, 4) is 0 Å². The fourth-order valence-corrected chi connectivity index (χ4v) is 1.50. The number of nitrogens with one attached hydrogen (secondary N) is 2. The minimum atomic E-state index is -0.145. The Labute approximate surface area is 112 Å². The third-order valence-electron chi connectivity index (χ3n) is 2.48. The lowest BCUT2D eigenvalue weighted by molar-refractivity contribution is 0.0953. The molecule has 5 nitrogen and oxygen atoms in total. The molecule has 0 aliphatic rings. The van der Waals surface area contributed by atoms with Gasteiger partial charge in [0, 0.05) is 24.6 Å². The maximum Gasteiger partial charge on any atom is 0.254 e. The Bertz CT molecular complexity index is 525. The molecule has 2 rings (SSSR count). The van der Waals surface area contributed by atoms with Crippen LogP contribution in [-0.2, 0) is 0 Å². The van der Waals surface area contributed by atoms with E-state index in [0.29, 0.717) is 18.1 Å². The monoisotopic (exact) mass is 256 g/mol. The van der Waals surface area contributed by atoms with E-state index in [9.17, 15) is 4.79 Å². The second kappa shape index (κ2) is 6.49. The number of carbonyl (C=O) groups is 1. The third kappa shape index (κ3) is 3.77. The number of anilines is 2. The molecule has 0 saturated heterocycles. The lowest BCUT2D eigenvalue weighted by atomic mass is 10.3. The summed E-state index contributed by atoms with van der Waals surface area (Å²) in [5.74, 6) is 0.325. The maximum atomic E-state index is 11.7. The predicted octanol–water partition coefficient (Wildman–Crippen LogP) is 2.36. The van der Waals surface area contributed by atoms with Crippen molar-refractivity contribution in [1.82, 2.24) is 15.3 Å². The van der Waals surface area contributed by atoms with Crippen LogP contribution in [0.3, 0.4) is 0 Å². The molecule has 0 unspecified atom stereocenters. The highest BCUT2D eigenvalue weighted by atomic mass is 16.1. The first kappa shape index (κ1) is 13.0. The highest BCUT2D eigenvalue weighted by molar-refractivity contribution is 5.93. The van der Waals surface area contributed by atoms with Crippen molar-refractivity contribution < 1.29 is 4.79 Å². The summed E-state index contributed by atoms with van der Waals surface area (Å²) in [5.41, 5.74) is 1.37. The number of para-hydroxylation sites is 1. The summed E-state index contributed by atoms with van der Waals surface area (Å²) < 4.78 is 0. The fourth-order valence-electron chi connectivity index (χ4n) is 1.50. The molecule has 0 aliphatic carbocycles. The minimum absolute atomic E-state index is 0.145. The number of aromatic nitrogens is 2. The summed E-state index contributed by atoms with van der Waals surface area (Å²) in [6, 6.07) is 9.63. The molecule has 0 radical (unpaired) electrons. The largest absolute Gasteiger partial charge is 0.352 e. The van der Waals surface area contributed by atoms with Crippen LogP contribution in [0, 0.1) is 0 Å². The normalized spacial score (nSPS) is 9.95. The molecule has 5 heteroatoms. The van der Waals surface area contributed by atoms with Crippen LogP contribution >= 0.6 is 0 Å². The molecule has 1 heterocycles. The van der Waals surface area contributed by atoms with Crippen LogP contribution in [0.1, 0.15) is 23.7 Å². The van der Waals surface area contributed by atoms with Crippen LogP contribution in [0.25, 0.3) is 0 Å². The quantitative estimate of drug-likeness (QED) is 0.861. The fraction of sp³-hybridized carbons (Fsp3) is 0.214. The number of nitrogens with zero attached hydrogens (tertiary/aromatic N) is 2. The zero-order chi connectivity index (χ0) is 13.5. The average molecular weight is 256 g/mol. The Morgan fingerprint density at radius 1 is 1.16 bits per heavy atom. The summed E-state index contributed by atoms with van der Waals surface area (Å²) in [5, 5.41) is 5.84. The van der Waals surface area contributed by atoms with Gasteiger partial charge in [0.2, 0.25) is 5.95 Å². The van der Waals surface area contributed by atoms with Gasteiger partial charge in [-0.25, -0.2) is 9.97 Å². The lowest BCUT2D eigenvalue weighted by Crippen LogP contribution is -2.24. The SMILES string of the molecule is CCCNC(=O)c1cnc(Nc2ccccc2)nc1. The van der Waals surface area contributed by atoms with Crippen molar-refractivity contribution in [2.45, 2.75) is 13.3 Å². The molecule has 0 spiro atoms. The Kier molecular flexibility index (Phi) is 4.44. The second-order valence-electron chi connectivity index (χ2n) is 4.04. The van der Waals surface area contributed by atoms with Crippen molar-refractivity contribution in [3.05, 3.63) is 48.3 Å². The number of benzene rings is 1. The zero-order valence-corrected chi connectivity index (χ0v) is 10.8. The first-order chi connectivity index (χ1) is 9.29. The number of hydrogen-bond donors (Lipinski definition) is 2. The molecule has 0 saturated carbocycles. The molecular weight excluding hydrogens is 240 g/mol. The molecule has 1 aromatic heterocycles. The van der Waals surface area contributed by atoms with Crippen LogP contribution in [-0.4, -0.2) is 22.4 Å². The van der Waals surface area contributed by atoms with Gasteiger partial charge in [0.25, 0.3) is 5.91 Å².